The number of nitrogens with zero attached hydrogens (tertiary/aromatic N) is 3. The van der Waals surface area contributed by atoms with Gasteiger partial charge in [0.25, 0.3) is 0 Å². The second kappa shape index (κ2) is 10.3. The molecule has 1 aromatic heterocycles. The van der Waals surface area contributed by atoms with Crippen LogP contribution >= 0.6 is 23.4 Å². The Labute approximate surface area is 195 Å². The normalized spacial score (nSPS) is 10.7. The van der Waals surface area contributed by atoms with Crippen LogP contribution in [-0.4, -0.2) is 26.4 Å². The molecule has 1 heterocycles. The lowest BCUT2D eigenvalue weighted by atomic mass is 10.2. The predicted octanol–water partition coefficient (Wildman–Crippen LogP) is 5.54. The molecule has 8 heteroatoms. The first-order valence-electron chi connectivity index (χ1n) is 9.96. The van der Waals surface area contributed by atoms with Crippen LogP contribution in [0.1, 0.15) is 11.4 Å². The number of thioether (sulfide) groups is 1. The molecule has 6 nitrogen and oxygen atoms in total. The van der Waals surface area contributed by atoms with Crippen LogP contribution in [0.5, 0.6) is 5.75 Å². The van der Waals surface area contributed by atoms with E-state index in [4.69, 9.17) is 16.3 Å². The number of hydrogen-bond acceptors (Lipinski definition) is 5. The minimum atomic E-state index is -0.114. The number of anilines is 1. The van der Waals surface area contributed by atoms with Gasteiger partial charge in [0, 0.05) is 11.4 Å². The smallest absolute Gasteiger partial charge is 0.234 e. The third kappa shape index (κ3) is 5.49. The zero-order chi connectivity index (χ0) is 22.3. The van der Waals surface area contributed by atoms with E-state index in [1.165, 1.54) is 11.8 Å². The average Bonchev–Trinajstić information content (AvgIpc) is 3.20. The van der Waals surface area contributed by atoms with Crippen LogP contribution in [-0.2, 0) is 11.4 Å². The SMILES string of the molecule is Cc1cccc(NC(=O)CSc2nnc(COc3ccccc3Cl)n2-c2ccccc2)c1. The van der Waals surface area contributed by atoms with Crippen LogP contribution in [0.2, 0.25) is 5.02 Å². The van der Waals surface area contributed by atoms with E-state index in [0.717, 1.165) is 16.9 Å². The topological polar surface area (TPSA) is 69.0 Å². The fourth-order valence-corrected chi connectivity index (χ4v) is 4.04. The molecule has 4 aromatic rings. The van der Waals surface area contributed by atoms with Crippen molar-refractivity contribution in [2.45, 2.75) is 18.7 Å². The quantitative estimate of drug-likeness (QED) is 0.347. The van der Waals surface area contributed by atoms with Gasteiger partial charge < -0.3 is 10.1 Å². The van der Waals surface area contributed by atoms with Crippen molar-refractivity contribution in [3.8, 4) is 11.4 Å². The highest BCUT2D eigenvalue weighted by Gasteiger charge is 2.17. The van der Waals surface area contributed by atoms with Gasteiger partial charge in [0.1, 0.15) is 12.4 Å². The number of carbonyl (C=O) groups is 1. The highest BCUT2D eigenvalue weighted by atomic mass is 35.5. The first-order valence-corrected chi connectivity index (χ1v) is 11.3. The zero-order valence-corrected chi connectivity index (χ0v) is 18.9. The van der Waals surface area contributed by atoms with Crippen molar-refractivity contribution < 1.29 is 9.53 Å². The number of carbonyl (C=O) groups excluding carboxylic acids is 1. The van der Waals surface area contributed by atoms with Crippen LogP contribution < -0.4 is 10.1 Å². The molecule has 4 rings (SSSR count). The first kappa shape index (κ1) is 21.9. The van der Waals surface area contributed by atoms with Crippen molar-refractivity contribution in [3.63, 3.8) is 0 Å². The van der Waals surface area contributed by atoms with E-state index in [1.54, 1.807) is 12.1 Å². The molecule has 3 aromatic carbocycles. The lowest BCUT2D eigenvalue weighted by Crippen LogP contribution is -2.15. The average molecular weight is 465 g/mol. The summed E-state index contributed by atoms with van der Waals surface area (Å²) in [5.41, 5.74) is 2.74. The lowest BCUT2D eigenvalue weighted by molar-refractivity contribution is -0.113. The Bertz CT molecular complexity index is 1210. The van der Waals surface area contributed by atoms with Gasteiger partial charge in [-0.2, -0.15) is 0 Å². The molecule has 0 radical (unpaired) electrons. The number of aromatic nitrogens is 3. The number of ether oxygens (including phenoxy) is 1. The molecule has 0 aliphatic carbocycles. The summed E-state index contributed by atoms with van der Waals surface area (Å²) in [7, 11) is 0. The van der Waals surface area contributed by atoms with Crippen molar-refractivity contribution in [2.75, 3.05) is 11.1 Å². The Morgan fingerprint density at radius 3 is 2.59 bits per heavy atom. The summed E-state index contributed by atoms with van der Waals surface area (Å²) >= 11 is 7.51. The number of benzene rings is 3. The third-order valence-electron chi connectivity index (χ3n) is 4.54. The summed E-state index contributed by atoms with van der Waals surface area (Å²) < 4.78 is 7.76. The van der Waals surface area contributed by atoms with Crippen molar-refractivity contribution in [2.24, 2.45) is 0 Å². The van der Waals surface area contributed by atoms with Gasteiger partial charge in [-0.05, 0) is 48.9 Å². The molecule has 0 aliphatic heterocycles. The van der Waals surface area contributed by atoms with Crippen molar-refractivity contribution in [1.82, 2.24) is 14.8 Å². The largest absolute Gasteiger partial charge is 0.484 e. The second-order valence-electron chi connectivity index (χ2n) is 7.00. The second-order valence-corrected chi connectivity index (χ2v) is 8.34. The molecule has 0 saturated heterocycles. The fraction of sp³-hybridized carbons (Fsp3) is 0.125. The molecule has 0 aliphatic rings. The summed E-state index contributed by atoms with van der Waals surface area (Å²) in [5, 5.41) is 12.7. The van der Waals surface area contributed by atoms with E-state index < -0.39 is 0 Å². The molecule has 1 amide bonds. The minimum Gasteiger partial charge on any atom is -0.484 e. The van der Waals surface area contributed by atoms with E-state index in [9.17, 15) is 4.79 Å². The molecular formula is C24H21ClN4O2S. The maximum atomic E-state index is 12.5. The van der Waals surface area contributed by atoms with Gasteiger partial charge >= 0.3 is 0 Å². The summed E-state index contributed by atoms with van der Waals surface area (Å²) in [4.78, 5) is 12.5. The molecule has 1 N–H and O–H groups in total. The maximum absolute atomic E-state index is 12.5. The predicted molar refractivity (Wildman–Crippen MR) is 128 cm³/mol. The summed E-state index contributed by atoms with van der Waals surface area (Å²) in [6.07, 6.45) is 0. The summed E-state index contributed by atoms with van der Waals surface area (Å²) in [5.74, 6) is 1.27. The Balaban J connectivity index is 1.50. The number of nitrogens with one attached hydrogen (secondary N) is 1. The Morgan fingerprint density at radius 2 is 1.81 bits per heavy atom. The molecule has 0 bridgehead atoms. The summed E-state index contributed by atoms with van der Waals surface area (Å²) in [6, 6.07) is 24.7. The van der Waals surface area contributed by atoms with Crippen molar-refractivity contribution in [3.05, 3.63) is 95.3 Å². The van der Waals surface area contributed by atoms with E-state index >= 15 is 0 Å². The van der Waals surface area contributed by atoms with Crippen molar-refractivity contribution in [1.29, 1.82) is 0 Å². The van der Waals surface area contributed by atoms with Gasteiger partial charge in [-0.3, -0.25) is 9.36 Å². The number of para-hydroxylation sites is 2. The lowest BCUT2D eigenvalue weighted by Gasteiger charge is -2.12. The highest BCUT2D eigenvalue weighted by molar-refractivity contribution is 7.99. The van der Waals surface area contributed by atoms with E-state index in [1.807, 2.05) is 78.2 Å². The molecule has 0 fully saturated rings. The molecule has 0 saturated carbocycles. The van der Waals surface area contributed by atoms with Crippen LogP contribution in [0.15, 0.2) is 84.0 Å². The van der Waals surface area contributed by atoms with Gasteiger partial charge in [0.2, 0.25) is 5.91 Å². The van der Waals surface area contributed by atoms with Gasteiger partial charge in [0.15, 0.2) is 11.0 Å². The fourth-order valence-electron chi connectivity index (χ4n) is 3.08. The number of amides is 1. The van der Waals surface area contributed by atoms with E-state index in [-0.39, 0.29) is 18.3 Å². The third-order valence-corrected chi connectivity index (χ3v) is 5.78. The van der Waals surface area contributed by atoms with E-state index in [0.29, 0.717) is 21.8 Å². The molecule has 0 atom stereocenters. The summed E-state index contributed by atoms with van der Waals surface area (Å²) in [6.45, 7) is 2.17. The Hall–Kier alpha value is -3.29. The maximum Gasteiger partial charge on any atom is 0.234 e. The number of hydrogen-bond donors (Lipinski definition) is 1. The van der Waals surface area contributed by atoms with Gasteiger partial charge in [0.05, 0.1) is 10.8 Å². The minimum absolute atomic E-state index is 0.114. The number of rotatable bonds is 8. The molecule has 162 valence electrons. The Kier molecular flexibility index (Phi) is 7.09. The first-order chi connectivity index (χ1) is 15.6. The zero-order valence-electron chi connectivity index (χ0n) is 17.4. The molecule has 0 unspecified atom stereocenters. The standard InChI is InChI=1S/C24H21ClN4O2S/c1-17-8-7-9-18(14-17)26-23(30)16-32-24-28-27-22(29(24)19-10-3-2-4-11-19)15-31-21-13-6-5-12-20(21)25/h2-14H,15-16H2,1H3,(H,26,30). The van der Waals surface area contributed by atoms with Gasteiger partial charge in [-0.15, -0.1) is 10.2 Å². The number of halogens is 1. The highest BCUT2D eigenvalue weighted by Crippen LogP contribution is 2.26. The van der Waals surface area contributed by atoms with Crippen molar-refractivity contribution >= 4 is 35.0 Å². The van der Waals surface area contributed by atoms with Gasteiger partial charge in [-0.1, -0.05) is 65.8 Å². The molecular weight excluding hydrogens is 444 g/mol. The van der Waals surface area contributed by atoms with Crippen LogP contribution in [0.25, 0.3) is 5.69 Å². The molecule has 0 spiro atoms. The van der Waals surface area contributed by atoms with E-state index in [2.05, 4.69) is 15.5 Å². The monoisotopic (exact) mass is 464 g/mol. The Morgan fingerprint density at radius 1 is 1.03 bits per heavy atom. The molecule has 32 heavy (non-hydrogen) atoms. The van der Waals surface area contributed by atoms with Crippen LogP contribution in [0.4, 0.5) is 5.69 Å². The van der Waals surface area contributed by atoms with Crippen LogP contribution in [0, 0.1) is 6.92 Å². The van der Waals surface area contributed by atoms with Gasteiger partial charge in [-0.25, -0.2) is 0 Å². The number of aryl methyl sites for hydroxylation is 1. The van der Waals surface area contributed by atoms with Crippen LogP contribution in [0.3, 0.4) is 0 Å².